The molecule has 13 heteroatoms. The second-order valence-corrected chi connectivity index (χ2v) is 7.03. The summed E-state index contributed by atoms with van der Waals surface area (Å²) in [5, 5.41) is 18.5. The minimum atomic E-state index is -4.79. The van der Waals surface area contributed by atoms with Gasteiger partial charge in [0.2, 0.25) is 5.91 Å². The van der Waals surface area contributed by atoms with E-state index in [4.69, 9.17) is 0 Å². The maximum atomic E-state index is 12.4. The van der Waals surface area contributed by atoms with Crippen LogP contribution < -0.4 is 10.1 Å². The highest BCUT2D eigenvalue weighted by Gasteiger charge is 2.31. The van der Waals surface area contributed by atoms with Crippen LogP contribution in [0.5, 0.6) is 5.75 Å². The molecule has 2 aromatic heterocycles. The van der Waals surface area contributed by atoms with Crippen LogP contribution in [0, 0.1) is 0 Å². The molecule has 0 fully saturated rings. The number of hydrogen-bond donors (Lipinski definition) is 2. The summed E-state index contributed by atoms with van der Waals surface area (Å²) in [6.45, 7) is -0.183. The zero-order valence-electron chi connectivity index (χ0n) is 17.1. The van der Waals surface area contributed by atoms with Crippen molar-refractivity contribution in [1.29, 1.82) is 0 Å². The SMILES string of the molecule is BC(B)=C(B)C(=O)NCc1nn(-c2ccc(OC(F)(F)F)cc2)c2nccc(CO)c12. The van der Waals surface area contributed by atoms with Crippen molar-refractivity contribution in [1.82, 2.24) is 20.1 Å². The van der Waals surface area contributed by atoms with Gasteiger partial charge in [-0.3, -0.25) is 4.79 Å². The number of hydrogen-bond acceptors (Lipinski definition) is 5. The second kappa shape index (κ2) is 8.89. The predicted octanol–water partition coefficient (Wildman–Crippen LogP) is -0.504. The van der Waals surface area contributed by atoms with Gasteiger partial charge in [0.15, 0.2) is 5.65 Å². The minimum absolute atomic E-state index is 0.0842. The molecule has 0 saturated heterocycles. The average molecular weight is 428 g/mol. The van der Waals surface area contributed by atoms with E-state index >= 15 is 0 Å². The zero-order valence-corrected chi connectivity index (χ0v) is 17.1. The molecule has 0 aliphatic carbocycles. The molecule has 0 aliphatic heterocycles. The molecule has 3 aromatic rings. The summed E-state index contributed by atoms with van der Waals surface area (Å²) >= 11 is 0. The van der Waals surface area contributed by atoms with Crippen LogP contribution in [0.1, 0.15) is 11.3 Å². The van der Waals surface area contributed by atoms with Crippen molar-refractivity contribution in [2.75, 3.05) is 0 Å². The number of rotatable bonds is 6. The smallest absolute Gasteiger partial charge is 0.406 e. The average Bonchev–Trinajstić information content (AvgIpc) is 3.09. The fourth-order valence-electron chi connectivity index (χ4n) is 2.93. The van der Waals surface area contributed by atoms with Gasteiger partial charge in [-0.2, -0.15) is 5.10 Å². The molecule has 0 atom stereocenters. The number of benzene rings is 1. The topological polar surface area (TPSA) is 89.3 Å². The van der Waals surface area contributed by atoms with Crippen molar-refractivity contribution in [3.8, 4) is 11.4 Å². The van der Waals surface area contributed by atoms with Crippen LogP contribution in [0.4, 0.5) is 13.2 Å². The van der Waals surface area contributed by atoms with E-state index in [0.717, 1.165) is 5.37 Å². The van der Waals surface area contributed by atoms with Gasteiger partial charge in [0.05, 0.1) is 24.5 Å². The first-order valence-corrected chi connectivity index (χ1v) is 9.35. The molecule has 3 rings (SSSR count). The van der Waals surface area contributed by atoms with Gasteiger partial charge in [-0.05, 0) is 41.4 Å². The Kier molecular flexibility index (Phi) is 6.44. The molecule has 2 N–H and O–H groups in total. The predicted molar refractivity (Wildman–Crippen MR) is 116 cm³/mol. The summed E-state index contributed by atoms with van der Waals surface area (Å²) in [7, 11) is 5.38. The number of nitrogens with one attached hydrogen (secondary N) is 1. The van der Waals surface area contributed by atoms with Crippen LogP contribution in [-0.4, -0.2) is 55.7 Å². The number of aliphatic hydroxyl groups excluding tert-OH is 1. The van der Waals surface area contributed by atoms with Crippen molar-refractivity contribution in [3.05, 3.63) is 58.6 Å². The second-order valence-electron chi connectivity index (χ2n) is 7.03. The van der Waals surface area contributed by atoms with Crippen molar-refractivity contribution in [2.24, 2.45) is 0 Å². The molecule has 1 amide bonds. The maximum absolute atomic E-state index is 12.4. The van der Waals surface area contributed by atoms with E-state index in [2.05, 4.69) is 20.1 Å². The molecule has 0 radical (unpaired) electrons. The highest BCUT2D eigenvalue weighted by atomic mass is 19.4. The Morgan fingerprint density at radius 1 is 1.16 bits per heavy atom. The Morgan fingerprint density at radius 3 is 2.42 bits per heavy atom. The van der Waals surface area contributed by atoms with E-state index in [-0.39, 0.29) is 24.8 Å². The van der Waals surface area contributed by atoms with Crippen LogP contribution in [0.2, 0.25) is 0 Å². The Hall–Kier alpha value is -3.21. The lowest BCUT2D eigenvalue weighted by atomic mass is 9.69. The first kappa shape index (κ1) is 22.5. The number of aliphatic hydroxyl groups is 1. The fraction of sp³-hybridized carbons (Fsp3) is 0.167. The molecule has 0 spiro atoms. The van der Waals surface area contributed by atoms with Crippen molar-refractivity contribution >= 4 is 40.5 Å². The standard InChI is InChI=1S/C18H18B3F3N4O3/c19-14(15(20)21)17(30)26-7-12-13-9(8-29)5-6-25-16(13)28(27-12)10-1-3-11(4-2-10)31-18(22,23)24/h1-6,29H,7-8,19-21H2,(H,26,30). The molecular weight excluding hydrogens is 410 g/mol. The van der Waals surface area contributed by atoms with Gasteiger partial charge in [-0.15, -0.1) is 18.5 Å². The normalized spacial score (nSPS) is 11.4. The molecule has 0 unspecified atom stereocenters. The zero-order chi connectivity index (χ0) is 22.8. The summed E-state index contributed by atoms with van der Waals surface area (Å²) in [6.07, 6.45) is -3.28. The summed E-state index contributed by atoms with van der Waals surface area (Å²) in [5.74, 6) is -0.604. The number of carbonyl (C=O) groups is 1. The van der Waals surface area contributed by atoms with E-state index in [1.54, 1.807) is 13.9 Å². The number of carbonyl (C=O) groups excluding carboxylic acids is 1. The van der Waals surface area contributed by atoms with Gasteiger partial charge < -0.3 is 15.2 Å². The fourth-order valence-corrected chi connectivity index (χ4v) is 2.93. The quantitative estimate of drug-likeness (QED) is 0.409. The molecule has 7 nitrogen and oxygen atoms in total. The molecule has 31 heavy (non-hydrogen) atoms. The van der Waals surface area contributed by atoms with Crippen LogP contribution in [-0.2, 0) is 17.9 Å². The van der Waals surface area contributed by atoms with E-state index < -0.39 is 6.36 Å². The highest BCUT2D eigenvalue weighted by molar-refractivity contribution is 6.55. The van der Waals surface area contributed by atoms with E-state index in [1.807, 2.05) is 15.7 Å². The van der Waals surface area contributed by atoms with Crippen molar-refractivity contribution < 1.29 is 27.8 Å². The molecule has 2 heterocycles. The van der Waals surface area contributed by atoms with Crippen molar-refractivity contribution in [3.63, 3.8) is 0 Å². The Labute approximate surface area is 178 Å². The van der Waals surface area contributed by atoms with E-state index in [0.29, 0.717) is 33.5 Å². The lowest BCUT2D eigenvalue weighted by Gasteiger charge is -2.09. The maximum Gasteiger partial charge on any atom is 0.573 e. The number of alkyl halides is 3. The number of aromatic nitrogens is 3. The first-order chi connectivity index (χ1) is 14.6. The van der Waals surface area contributed by atoms with Gasteiger partial charge in [0.1, 0.15) is 29.3 Å². The molecule has 1 aromatic carbocycles. The number of ether oxygens (including phenoxy) is 1. The van der Waals surface area contributed by atoms with Crippen LogP contribution in [0.3, 0.4) is 0 Å². The van der Waals surface area contributed by atoms with Gasteiger partial charge in [0, 0.05) is 11.6 Å². The number of amides is 1. The lowest BCUT2D eigenvalue weighted by molar-refractivity contribution is -0.274. The van der Waals surface area contributed by atoms with Crippen molar-refractivity contribution in [2.45, 2.75) is 19.5 Å². The number of fused-ring (bicyclic) bond motifs is 1. The van der Waals surface area contributed by atoms with Gasteiger partial charge >= 0.3 is 6.36 Å². The van der Waals surface area contributed by atoms with Crippen LogP contribution in [0.25, 0.3) is 16.7 Å². The lowest BCUT2D eigenvalue weighted by Crippen LogP contribution is -2.26. The summed E-state index contributed by atoms with van der Waals surface area (Å²) in [5.41, 5.74) is 2.47. The van der Waals surface area contributed by atoms with Gasteiger partial charge in [-0.1, -0.05) is 0 Å². The number of nitrogens with zero attached hydrogens (tertiary/aromatic N) is 3. The molecular formula is C18H18B3F3N4O3. The summed E-state index contributed by atoms with van der Waals surface area (Å²) in [6, 6.07) is 6.81. The van der Waals surface area contributed by atoms with E-state index in [1.165, 1.54) is 35.1 Å². The Balaban J connectivity index is 2.00. The molecule has 0 bridgehead atoms. The molecule has 0 saturated carbocycles. The third kappa shape index (κ3) is 5.11. The third-order valence-electron chi connectivity index (χ3n) is 4.72. The molecule has 158 valence electrons. The van der Waals surface area contributed by atoms with Crippen LogP contribution >= 0.6 is 0 Å². The van der Waals surface area contributed by atoms with E-state index in [9.17, 15) is 23.1 Å². The van der Waals surface area contributed by atoms with Gasteiger partial charge in [-0.25, -0.2) is 9.67 Å². The molecule has 0 aliphatic rings. The number of pyridine rings is 1. The minimum Gasteiger partial charge on any atom is -0.406 e. The highest BCUT2D eigenvalue weighted by Crippen LogP contribution is 2.27. The first-order valence-electron chi connectivity index (χ1n) is 9.35. The summed E-state index contributed by atoms with van der Waals surface area (Å²) < 4.78 is 42.6. The van der Waals surface area contributed by atoms with Gasteiger partial charge in [0.25, 0.3) is 0 Å². The Morgan fingerprint density at radius 2 is 1.84 bits per heavy atom. The Bertz CT molecular complexity index is 1140. The van der Waals surface area contributed by atoms with Crippen LogP contribution in [0.15, 0.2) is 47.4 Å². The number of halogens is 3. The summed E-state index contributed by atoms with van der Waals surface area (Å²) in [4.78, 5) is 16.6. The third-order valence-corrected chi connectivity index (χ3v) is 4.72. The monoisotopic (exact) mass is 428 g/mol. The largest absolute Gasteiger partial charge is 0.573 e.